The molecule has 2 rings (SSSR count). The van der Waals surface area contributed by atoms with Crippen molar-refractivity contribution < 1.29 is 19.1 Å². The summed E-state index contributed by atoms with van der Waals surface area (Å²) in [6.07, 6.45) is -0.633. The molecule has 0 spiro atoms. The topological polar surface area (TPSA) is 70.4 Å². The van der Waals surface area contributed by atoms with Gasteiger partial charge in [-0.25, -0.2) is 9.59 Å². The maximum absolute atomic E-state index is 12.3. The fourth-order valence-corrected chi connectivity index (χ4v) is 2.49. The van der Waals surface area contributed by atoms with Gasteiger partial charge in [-0.15, -0.1) is 0 Å². The van der Waals surface area contributed by atoms with E-state index in [-0.39, 0.29) is 5.56 Å². The van der Waals surface area contributed by atoms with Crippen LogP contribution in [0.5, 0.6) is 0 Å². The lowest BCUT2D eigenvalue weighted by atomic mass is 10.1. The van der Waals surface area contributed by atoms with Gasteiger partial charge >= 0.3 is 12.1 Å². The maximum Gasteiger partial charge on any atom is 0.435 e. The average molecular weight is 402 g/mol. The van der Waals surface area contributed by atoms with Crippen LogP contribution in [0.1, 0.15) is 31.1 Å². The molecule has 0 N–H and O–H groups in total. The summed E-state index contributed by atoms with van der Waals surface area (Å²) in [6, 6.07) is 5.10. The molecule has 0 atom stereocenters. The summed E-state index contributed by atoms with van der Waals surface area (Å²) < 4.78 is 11.8. The van der Waals surface area contributed by atoms with E-state index in [4.69, 9.17) is 9.47 Å². The van der Waals surface area contributed by atoms with Crippen LogP contribution in [0, 0.1) is 3.70 Å². The van der Waals surface area contributed by atoms with Crippen LogP contribution in [-0.2, 0) is 9.47 Å². The van der Waals surface area contributed by atoms with Crippen molar-refractivity contribution in [2.45, 2.75) is 26.4 Å². The minimum Gasteiger partial charge on any atom is -0.465 e. The van der Waals surface area contributed by atoms with Crippen LogP contribution in [-0.4, -0.2) is 34.6 Å². The second-order valence-corrected chi connectivity index (χ2v) is 6.40. The normalized spacial score (nSPS) is 11.5. The van der Waals surface area contributed by atoms with E-state index in [1.165, 1.54) is 7.11 Å². The van der Waals surface area contributed by atoms with Gasteiger partial charge in [0.05, 0.1) is 18.2 Å². The summed E-state index contributed by atoms with van der Waals surface area (Å²) in [5.74, 6) is -0.526. The van der Waals surface area contributed by atoms with E-state index in [1.54, 1.807) is 39.0 Å². The number of halogens is 1. The van der Waals surface area contributed by atoms with Crippen LogP contribution in [0.3, 0.4) is 0 Å². The van der Waals surface area contributed by atoms with E-state index in [2.05, 4.69) is 5.10 Å². The molecule has 0 aliphatic heterocycles. The summed E-state index contributed by atoms with van der Waals surface area (Å²) in [7, 11) is 1.29. The van der Waals surface area contributed by atoms with Gasteiger partial charge in [0.15, 0.2) is 0 Å². The number of carbonyl (C=O) groups excluding carboxylic acids is 2. The molecule has 112 valence electrons. The highest BCUT2D eigenvalue weighted by Gasteiger charge is 2.24. The van der Waals surface area contributed by atoms with Gasteiger partial charge in [-0.3, -0.25) is 0 Å². The fraction of sp³-hybridized carbons (Fsp3) is 0.357. The first-order chi connectivity index (χ1) is 9.74. The van der Waals surface area contributed by atoms with Crippen LogP contribution in [0.4, 0.5) is 4.79 Å². The summed E-state index contributed by atoms with van der Waals surface area (Å²) in [4.78, 5) is 24.2. The zero-order chi connectivity index (χ0) is 15.8. The molecule has 0 fully saturated rings. The monoisotopic (exact) mass is 402 g/mol. The van der Waals surface area contributed by atoms with Gasteiger partial charge in [0.2, 0.25) is 0 Å². The third-order valence-electron chi connectivity index (χ3n) is 2.63. The minimum atomic E-state index is -0.652. The third kappa shape index (κ3) is 3.17. The van der Waals surface area contributed by atoms with Gasteiger partial charge in [-0.1, -0.05) is 12.1 Å². The lowest BCUT2D eigenvalue weighted by Gasteiger charge is -2.19. The van der Waals surface area contributed by atoms with E-state index in [0.29, 0.717) is 14.6 Å². The first-order valence-electron chi connectivity index (χ1n) is 6.23. The molecule has 0 saturated heterocycles. The largest absolute Gasteiger partial charge is 0.465 e. The minimum absolute atomic E-state index is 0.274. The van der Waals surface area contributed by atoms with Crippen molar-refractivity contribution in [2.75, 3.05) is 7.11 Å². The van der Waals surface area contributed by atoms with Gasteiger partial charge in [0.25, 0.3) is 0 Å². The zero-order valence-corrected chi connectivity index (χ0v) is 14.3. The van der Waals surface area contributed by atoms with Crippen LogP contribution >= 0.6 is 22.6 Å². The number of aromatic nitrogens is 2. The van der Waals surface area contributed by atoms with Gasteiger partial charge in [-0.2, -0.15) is 9.78 Å². The summed E-state index contributed by atoms with van der Waals surface area (Å²) >= 11 is 2.01. The Morgan fingerprint density at radius 3 is 2.52 bits per heavy atom. The summed E-state index contributed by atoms with van der Waals surface area (Å²) in [5.41, 5.74) is 0.0142. The molecule has 7 heteroatoms. The number of fused-ring (bicyclic) bond motifs is 1. The van der Waals surface area contributed by atoms with Crippen molar-refractivity contribution in [1.29, 1.82) is 0 Å². The average Bonchev–Trinajstić information content (AvgIpc) is 2.74. The highest BCUT2D eigenvalue weighted by Crippen LogP contribution is 2.25. The lowest BCUT2D eigenvalue weighted by molar-refractivity contribution is 0.0522. The molecule has 2 aromatic rings. The highest BCUT2D eigenvalue weighted by atomic mass is 127. The van der Waals surface area contributed by atoms with E-state index in [1.807, 2.05) is 22.6 Å². The quantitative estimate of drug-likeness (QED) is 0.541. The number of methoxy groups -OCH3 is 1. The highest BCUT2D eigenvalue weighted by molar-refractivity contribution is 14.1. The summed E-state index contributed by atoms with van der Waals surface area (Å²) in [6.45, 7) is 5.30. The lowest BCUT2D eigenvalue weighted by Crippen LogP contribution is -2.28. The Bertz CT molecular complexity index is 716. The molecule has 21 heavy (non-hydrogen) atoms. The van der Waals surface area contributed by atoms with E-state index in [0.717, 1.165) is 4.68 Å². The van der Waals surface area contributed by atoms with E-state index < -0.39 is 17.7 Å². The first-order valence-corrected chi connectivity index (χ1v) is 7.31. The van der Waals surface area contributed by atoms with Crippen molar-refractivity contribution in [3.63, 3.8) is 0 Å². The van der Waals surface area contributed by atoms with E-state index >= 15 is 0 Å². The molecule has 0 aliphatic rings. The molecule has 0 bridgehead atoms. The van der Waals surface area contributed by atoms with Crippen LogP contribution in [0.2, 0.25) is 0 Å². The van der Waals surface area contributed by atoms with Crippen LogP contribution in [0.25, 0.3) is 10.9 Å². The van der Waals surface area contributed by atoms with Gasteiger partial charge < -0.3 is 9.47 Å². The van der Waals surface area contributed by atoms with Crippen molar-refractivity contribution in [2.24, 2.45) is 0 Å². The third-order valence-corrected chi connectivity index (χ3v) is 3.43. The Kier molecular flexibility index (Phi) is 4.22. The van der Waals surface area contributed by atoms with Crippen LogP contribution < -0.4 is 0 Å². The Morgan fingerprint density at radius 2 is 1.95 bits per heavy atom. The Morgan fingerprint density at radius 1 is 1.29 bits per heavy atom. The number of carbonyl (C=O) groups is 2. The van der Waals surface area contributed by atoms with Gasteiger partial charge in [0.1, 0.15) is 9.30 Å². The summed E-state index contributed by atoms with van der Waals surface area (Å²) in [5, 5.41) is 4.87. The number of hydrogen-bond donors (Lipinski definition) is 0. The standard InChI is InChI=1S/C14H15IN2O4/c1-14(2,3)21-13(19)17-10-8(11(15)16-17)6-5-7-9(10)12(18)20-4/h5-7H,1-4H3. The van der Waals surface area contributed by atoms with E-state index in [9.17, 15) is 9.59 Å². The molecular formula is C14H15IN2O4. The van der Waals surface area contributed by atoms with Crippen molar-refractivity contribution >= 4 is 45.6 Å². The van der Waals surface area contributed by atoms with Crippen molar-refractivity contribution in [3.8, 4) is 0 Å². The number of rotatable bonds is 1. The molecule has 0 radical (unpaired) electrons. The first kappa shape index (κ1) is 15.7. The molecule has 0 aliphatic carbocycles. The van der Waals surface area contributed by atoms with Crippen LogP contribution in [0.15, 0.2) is 18.2 Å². The molecule has 0 saturated carbocycles. The smallest absolute Gasteiger partial charge is 0.435 e. The molecule has 1 aromatic heterocycles. The van der Waals surface area contributed by atoms with Crippen molar-refractivity contribution in [3.05, 3.63) is 27.5 Å². The molecule has 6 nitrogen and oxygen atoms in total. The van der Waals surface area contributed by atoms with Crippen molar-refractivity contribution in [1.82, 2.24) is 9.78 Å². The number of nitrogens with zero attached hydrogens (tertiary/aromatic N) is 2. The molecule has 1 aromatic carbocycles. The Hall–Kier alpha value is -1.64. The Balaban J connectivity index is 2.64. The second kappa shape index (κ2) is 5.63. The predicted octanol–water partition coefficient (Wildman–Crippen LogP) is 3.21. The molecule has 1 heterocycles. The number of benzene rings is 1. The predicted molar refractivity (Wildman–Crippen MR) is 85.4 cm³/mol. The molecular weight excluding hydrogens is 387 g/mol. The van der Waals surface area contributed by atoms with Gasteiger partial charge in [-0.05, 0) is 49.4 Å². The Labute approximate surface area is 135 Å². The maximum atomic E-state index is 12.3. The molecule has 0 amide bonds. The number of hydrogen-bond acceptors (Lipinski definition) is 5. The molecule has 0 unspecified atom stereocenters. The number of para-hydroxylation sites is 1. The zero-order valence-electron chi connectivity index (χ0n) is 12.1. The second-order valence-electron chi connectivity index (χ2n) is 5.38. The number of esters is 1. The van der Waals surface area contributed by atoms with Gasteiger partial charge in [0, 0.05) is 5.39 Å². The SMILES string of the molecule is COC(=O)c1cccc2c(I)nn(C(=O)OC(C)(C)C)c12. The fourth-order valence-electron chi connectivity index (χ4n) is 1.84. The number of ether oxygens (including phenoxy) is 2.